The van der Waals surface area contributed by atoms with E-state index in [-0.39, 0.29) is 18.1 Å². The van der Waals surface area contributed by atoms with E-state index in [1.54, 1.807) is 4.90 Å². The number of hydrogen-bond acceptors (Lipinski definition) is 4. The fourth-order valence-corrected chi connectivity index (χ4v) is 2.66. The monoisotopic (exact) mass is 338 g/mol. The number of hydrogen-bond donors (Lipinski definition) is 0. The van der Waals surface area contributed by atoms with Crippen molar-refractivity contribution in [1.29, 1.82) is 0 Å². The highest BCUT2D eigenvalue weighted by molar-refractivity contribution is 5.91. The minimum atomic E-state index is -0.619. The molecule has 0 bridgehead atoms. The third-order valence-corrected chi connectivity index (χ3v) is 4.07. The van der Waals surface area contributed by atoms with E-state index in [0.717, 1.165) is 6.42 Å². The van der Waals surface area contributed by atoms with Crippen molar-refractivity contribution in [3.63, 3.8) is 0 Å². The van der Waals surface area contributed by atoms with E-state index in [2.05, 4.69) is 12.1 Å². The summed E-state index contributed by atoms with van der Waals surface area (Å²) in [6.45, 7) is 0.792. The Labute approximate surface area is 145 Å². The molecule has 6 nitrogen and oxygen atoms in total. The molecular formula is C19H18N2O4. The van der Waals surface area contributed by atoms with Gasteiger partial charge in [0.05, 0.1) is 5.56 Å². The number of carbonyl (C=O) groups excluding carboxylic acids is 2. The summed E-state index contributed by atoms with van der Waals surface area (Å²) >= 11 is 0. The lowest BCUT2D eigenvalue weighted by Crippen LogP contribution is -2.37. The molecule has 1 aliphatic rings. The highest BCUT2D eigenvalue weighted by Gasteiger charge is 2.19. The SMILES string of the molecule is O=C(OCC(=O)N1CC=C(c2ccccc2)CC1)c1cc[n+]([O-])cc1. The van der Waals surface area contributed by atoms with Crippen LogP contribution in [0, 0.1) is 5.21 Å². The average Bonchev–Trinajstić information content (AvgIpc) is 2.67. The Balaban J connectivity index is 1.52. The average molecular weight is 338 g/mol. The van der Waals surface area contributed by atoms with Crippen molar-refractivity contribution in [3.8, 4) is 0 Å². The highest BCUT2D eigenvalue weighted by Crippen LogP contribution is 2.21. The Hall–Kier alpha value is -3.15. The molecule has 0 saturated heterocycles. The Kier molecular flexibility index (Phi) is 5.09. The number of pyridine rings is 1. The number of carbonyl (C=O) groups is 2. The molecular weight excluding hydrogens is 320 g/mol. The fourth-order valence-electron chi connectivity index (χ4n) is 2.66. The first-order valence-electron chi connectivity index (χ1n) is 8.01. The molecule has 0 N–H and O–H groups in total. The second-order valence-corrected chi connectivity index (χ2v) is 5.71. The van der Waals surface area contributed by atoms with Crippen LogP contribution in [0.5, 0.6) is 0 Å². The van der Waals surface area contributed by atoms with Gasteiger partial charge < -0.3 is 14.8 Å². The van der Waals surface area contributed by atoms with Crippen LogP contribution < -0.4 is 4.73 Å². The topological polar surface area (TPSA) is 73.6 Å². The normalized spacial score (nSPS) is 13.9. The number of rotatable bonds is 4. The molecule has 6 heteroatoms. The number of amides is 1. The molecule has 0 unspecified atom stereocenters. The lowest BCUT2D eigenvalue weighted by molar-refractivity contribution is -0.605. The maximum absolute atomic E-state index is 12.2. The third kappa shape index (κ3) is 4.23. The van der Waals surface area contributed by atoms with Crippen molar-refractivity contribution in [2.75, 3.05) is 19.7 Å². The Morgan fingerprint density at radius 1 is 1.12 bits per heavy atom. The first-order chi connectivity index (χ1) is 12.1. The van der Waals surface area contributed by atoms with Crippen molar-refractivity contribution in [1.82, 2.24) is 4.90 Å². The molecule has 128 valence electrons. The van der Waals surface area contributed by atoms with Gasteiger partial charge in [0, 0.05) is 25.2 Å². The maximum Gasteiger partial charge on any atom is 0.339 e. The standard InChI is InChI=1S/C19H18N2O4/c22-18(14-25-19(23)17-8-12-21(24)13-9-17)20-10-6-16(7-11-20)15-4-2-1-3-5-15/h1-6,8-9,12-13H,7,10-11,14H2. The van der Waals surface area contributed by atoms with Gasteiger partial charge in [0.1, 0.15) is 0 Å². The Morgan fingerprint density at radius 3 is 2.48 bits per heavy atom. The van der Waals surface area contributed by atoms with Crippen LogP contribution in [0.2, 0.25) is 0 Å². The van der Waals surface area contributed by atoms with Crippen LogP contribution >= 0.6 is 0 Å². The summed E-state index contributed by atoms with van der Waals surface area (Å²) in [5.41, 5.74) is 2.63. The van der Waals surface area contributed by atoms with Crippen molar-refractivity contribution in [3.05, 3.63) is 77.3 Å². The number of benzene rings is 1. The Morgan fingerprint density at radius 2 is 1.84 bits per heavy atom. The minimum absolute atomic E-state index is 0.230. The molecule has 1 aromatic carbocycles. The quantitative estimate of drug-likeness (QED) is 0.484. The van der Waals surface area contributed by atoms with Crippen LogP contribution in [0.4, 0.5) is 0 Å². The molecule has 0 atom stereocenters. The van der Waals surface area contributed by atoms with Crippen LogP contribution in [0.25, 0.3) is 5.57 Å². The zero-order valence-electron chi connectivity index (χ0n) is 13.6. The van der Waals surface area contributed by atoms with Gasteiger partial charge in [-0.2, -0.15) is 4.73 Å². The van der Waals surface area contributed by atoms with Gasteiger partial charge in [0.25, 0.3) is 5.91 Å². The van der Waals surface area contributed by atoms with Gasteiger partial charge in [0.2, 0.25) is 0 Å². The molecule has 1 amide bonds. The van der Waals surface area contributed by atoms with E-state index in [1.165, 1.54) is 35.7 Å². The zero-order chi connectivity index (χ0) is 17.6. The summed E-state index contributed by atoms with van der Waals surface area (Å²) in [5, 5.41) is 10.9. The van der Waals surface area contributed by atoms with Crippen LogP contribution in [-0.4, -0.2) is 36.5 Å². The summed E-state index contributed by atoms with van der Waals surface area (Å²) in [7, 11) is 0. The van der Waals surface area contributed by atoms with Crippen LogP contribution in [-0.2, 0) is 9.53 Å². The van der Waals surface area contributed by atoms with Crippen LogP contribution in [0.3, 0.4) is 0 Å². The molecule has 0 fully saturated rings. The van der Waals surface area contributed by atoms with E-state index in [4.69, 9.17) is 4.74 Å². The van der Waals surface area contributed by atoms with Crippen molar-refractivity contribution in [2.24, 2.45) is 0 Å². The molecule has 0 saturated carbocycles. The van der Waals surface area contributed by atoms with E-state index in [0.29, 0.717) is 17.8 Å². The second kappa shape index (κ2) is 7.61. The van der Waals surface area contributed by atoms with Gasteiger partial charge in [0.15, 0.2) is 19.0 Å². The molecule has 1 aromatic heterocycles. The van der Waals surface area contributed by atoms with Crippen molar-refractivity contribution >= 4 is 17.4 Å². The van der Waals surface area contributed by atoms with Gasteiger partial charge in [-0.3, -0.25) is 4.79 Å². The van der Waals surface area contributed by atoms with Crippen LogP contribution in [0.15, 0.2) is 60.9 Å². The van der Waals surface area contributed by atoms with Gasteiger partial charge in [-0.1, -0.05) is 36.4 Å². The number of nitrogens with zero attached hydrogens (tertiary/aromatic N) is 2. The van der Waals surface area contributed by atoms with Crippen molar-refractivity contribution < 1.29 is 19.1 Å². The minimum Gasteiger partial charge on any atom is -0.619 e. The van der Waals surface area contributed by atoms with E-state index < -0.39 is 5.97 Å². The Bertz CT molecular complexity index is 785. The summed E-state index contributed by atoms with van der Waals surface area (Å²) in [4.78, 5) is 25.7. The molecule has 2 heterocycles. The van der Waals surface area contributed by atoms with Crippen LogP contribution in [0.1, 0.15) is 22.3 Å². The van der Waals surface area contributed by atoms with Crippen molar-refractivity contribution in [2.45, 2.75) is 6.42 Å². The number of esters is 1. The van der Waals surface area contributed by atoms with Gasteiger partial charge in [-0.25, -0.2) is 4.79 Å². The van der Waals surface area contributed by atoms with E-state index >= 15 is 0 Å². The molecule has 0 radical (unpaired) electrons. The molecule has 0 aliphatic carbocycles. The lowest BCUT2D eigenvalue weighted by Gasteiger charge is -2.26. The van der Waals surface area contributed by atoms with E-state index in [9.17, 15) is 14.8 Å². The first kappa shape index (κ1) is 16.7. The summed E-state index contributed by atoms with van der Waals surface area (Å²) in [6, 6.07) is 12.8. The van der Waals surface area contributed by atoms with Gasteiger partial charge in [-0.05, 0) is 17.6 Å². The first-order valence-corrected chi connectivity index (χ1v) is 8.01. The maximum atomic E-state index is 12.2. The van der Waals surface area contributed by atoms with E-state index in [1.807, 2.05) is 24.3 Å². The number of ether oxygens (including phenoxy) is 1. The zero-order valence-corrected chi connectivity index (χ0v) is 13.6. The highest BCUT2D eigenvalue weighted by atomic mass is 16.5. The van der Waals surface area contributed by atoms with Gasteiger partial charge in [-0.15, -0.1) is 0 Å². The largest absolute Gasteiger partial charge is 0.619 e. The summed E-state index contributed by atoms with van der Waals surface area (Å²) < 4.78 is 5.61. The molecule has 0 spiro atoms. The predicted octanol–water partition coefficient (Wildman–Crippen LogP) is 1.79. The van der Waals surface area contributed by atoms with Gasteiger partial charge >= 0.3 is 5.97 Å². The molecule has 25 heavy (non-hydrogen) atoms. The predicted molar refractivity (Wildman–Crippen MR) is 91.3 cm³/mol. The molecule has 1 aliphatic heterocycles. The summed E-state index contributed by atoms with van der Waals surface area (Å²) in [6.07, 6.45) is 5.21. The fraction of sp³-hybridized carbons (Fsp3) is 0.211. The smallest absolute Gasteiger partial charge is 0.339 e. The lowest BCUT2D eigenvalue weighted by atomic mass is 10.00. The third-order valence-electron chi connectivity index (χ3n) is 4.07. The molecule has 2 aromatic rings. The summed E-state index contributed by atoms with van der Waals surface area (Å²) in [5.74, 6) is -0.849. The second-order valence-electron chi connectivity index (χ2n) is 5.71. The number of aromatic nitrogens is 1. The molecule has 3 rings (SSSR count).